The van der Waals surface area contributed by atoms with Gasteiger partial charge in [0.25, 0.3) is 0 Å². The van der Waals surface area contributed by atoms with Crippen molar-refractivity contribution in [3.05, 3.63) is 15.9 Å². The number of hydrogen-bond donors (Lipinski definition) is 1. The summed E-state index contributed by atoms with van der Waals surface area (Å²) in [6, 6.07) is 0. The van der Waals surface area contributed by atoms with Crippen LogP contribution in [0.1, 0.15) is 30.1 Å². The van der Waals surface area contributed by atoms with E-state index in [4.69, 9.17) is 0 Å². The smallest absolute Gasteiger partial charge is 0.0797 e. The third kappa shape index (κ3) is 1.59. The van der Waals surface area contributed by atoms with Gasteiger partial charge >= 0.3 is 0 Å². The Morgan fingerprint density at radius 3 is 2.55 bits per heavy atom. The average Bonchev–Trinajstić information content (AvgIpc) is 2.67. The van der Waals surface area contributed by atoms with Gasteiger partial charge < -0.3 is 0 Å². The number of H-pyrrole nitrogens is 1. The topological polar surface area (TPSA) is 28.7 Å². The Labute approximate surface area is 80.3 Å². The molecular formula is C7H10BrClN2. The number of hydrogen-bond acceptors (Lipinski definition) is 1. The molecule has 62 valence electrons. The van der Waals surface area contributed by atoms with Gasteiger partial charge in [0, 0.05) is 11.6 Å². The number of aromatic nitrogens is 2. The zero-order chi connectivity index (χ0) is 7.14. The Bertz CT molecular complexity index is 255. The summed E-state index contributed by atoms with van der Waals surface area (Å²) in [5.41, 5.74) is 2.36. The molecule has 0 saturated heterocycles. The molecule has 2 rings (SSSR count). The van der Waals surface area contributed by atoms with Gasteiger partial charge in [0.15, 0.2) is 0 Å². The van der Waals surface area contributed by atoms with Crippen LogP contribution in [0.25, 0.3) is 0 Å². The molecule has 0 amide bonds. The predicted molar refractivity (Wildman–Crippen MR) is 50.2 cm³/mol. The number of aryl methyl sites for hydroxylation is 1. The SMILES string of the molecule is Cc1[nH]nc(C2CC2)c1Br.Cl. The maximum Gasteiger partial charge on any atom is 0.0797 e. The minimum Gasteiger partial charge on any atom is -0.281 e. The van der Waals surface area contributed by atoms with Crippen molar-refractivity contribution in [1.29, 1.82) is 0 Å². The molecule has 1 aromatic rings. The molecule has 0 radical (unpaired) electrons. The van der Waals surface area contributed by atoms with E-state index in [1.54, 1.807) is 0 Å². The highest BCUT2D eigenvalue weighted by atomic mass is 79.9. The van der Waals surface area contributed by atoms with Crippen LogP contribution < -0.4 is 0 Å². The lowest BCUT2D eigenvalue weighted by Crippen LogP contribution is -1.78. The molecule has 1 aliphatic rings. The predicted octanol–water partition coefficient (Wildman–Crippen LogP) is 2.78. The Balaban J connectivity index is 0.000000605. The van der Waals surface area contributed by atoms with Crippen molar-refractivity contribution in [1.82, 2.24) is 10.2 Å². The second-order valence-corrected chi connectivity index (χ2v) is 3.62. The van der Waals surface area contributed by atoms with Crippen LogP contribution in [0.3, 0.4) is 0 Å². The number of nitrogens with zero attached hydrogens (tertiary/aromatic N) is 1. The van der Waals surface area contributed by atoms with Crippen molar-refractivity contribution >= 4 is 28.3 Å². The normalized spacial score (nSPS) is 16.2. The van der Waals surface area contributed by atoms with Gasteiger partial charge in [-0.3, -0.25) is 5.10 Å². The molecule has 11 heavy (non-hydrogen) atoms. The molecular weight excluding hydrogens is 227 g/mol. The van der Waals surface area contributed by atoms with Crippen molar-refractivity contribution in [2.24, 2.45) is 0 Å². The van der Waals surface area contributed by atoms with Gasteiger partial charge in [0.2, 0.25) is 0 Å². The zero-order valence-corrected chi connectivity index (χ0v) is 8.63. The van der Waals surface area contributed by atoms with E-state index < -0.39 is 0 Å². The first-order valence-corrected chi connectivity index (χ1v) is 4.28. The van der Waals surface area contributed by atoms with Gasteiger partial charge in [0.05, 0.1) is 10.2 Å². The standard InChI is InChI=1S/C7H9BrN2.ClH/c1-4-6(8)7(10-9-4)5-2-3-5;/h5H,2-3H2,1H3,(H,9,10);1H. The van der Waals surface area contributed by atoms with Crippen molar-refractivity contribution in [3.63, 3.8) is 0 Å². The van der Waals surface area contributed by atoms with E-state index in [-0.39, 0.29) is 12.4 Å². The van der Waals surface area contributed by atoms with Crippen LogP contribution >= 0.6 is 28.3 Å². The van der Waals surface area contributed by atoms with Crippen LogP contribution in [0.4, 0.5) is 0 Å². The number of nitrogens with one attached hydrogen (secondary N) is 1. The first-order valence-electron chi connectivity index (χ1n) is 3.49. The summed E-state index contributed by atoms with van der Waals surface area (Å²) in [4.78, 5) is 0. The number of halogens is 2. The number of aromatic amines is 1. The second-order valence-electron chi connectivity index (χ2n) is 2.82. The lowest BCUT2D eigenvalue weighted by Gasteiger charge is -1.88. The third-order valence-corrected chi connectivity index (χ3v) is 2.86. The fourth-order valence-corrected chi connectivity index (χ4v) is 1.56. The first kappa shape index (κ1) is 9.07. The Morgan fingerprint density at radius 2 is 2.18 bits per heavy atom. The summed E-state index contributed by atoms with van der Waals surface area (Å²) < 4.78 is 1.18. The summed E-state index contributed by atoms with van der Waals surface area (Å²) >= 11 is 3.50. The molecule has 0 aliphatic heterocycles. The molecule has 1 heterocycles. The van der Waals surface area contributed by atoms with Gasteiger partial charge in [-0.15, -0.1) is 12.4 Å². The van der Waals surface area contributed by atoms with Gasteiger partial charge in [-0.1, -0.05) is 0 Å². The highest BCUT2D eigenvalue weighted by Crippen LogP contribution is 2.42. The minimum absolute atomic E-state index is 0. The molecule has 0 spiro atoms. The average molecular weight is 238 g/mol. The first-order chi connectivity index (χ1) is 4.79. The molecule has 4 heteroatoms. The van der Waals surface area contributed by atoms with Gasteiger partial charge in [-0.25, -0.2) is 0 Å². The summed E-state index contributed by atoms with van der Waals surface area (Å²) in [6.45, 7) is 2.03. The molecule has 0 atom stereocenters. The monoisotopic (exact) mass is 236 g/mol. The van der Waals surface area contributed by atoms with Gasteiger partial charge in [-0.2, -0.15) is 5.10 Å². The molecule has 0 aromatic carbocycles. The lowest BCUT2D eigenvalue weighted by molar-refractivity contribution is 0.952. The van der Waals surface area contributed by atoms with Crippen LogP contribution in [-0.2, 0) is 0 Å². The van der Waals surface area contributed by atoms with E-state index in [0.717, 1.165) is 11.6 Å². The molecule has 1 fully saturated rings. The summed E-state index contributed by atoms with van der Waals surface area (Å²) in [7, 11) is 0. The van der Waals surface area contributed by atoms with Gasteiger partial charge in [0.1, 0.15) is 0 Å². The van der Waals surface area contributed by atoms with Crippen molar-refractivity contribution < 1.29 is 0 Å². The fraction of sp³-hybridized carbons (Fsp3) is 0.571. The summed E-state index contributed by atoms with van der Waals surface area (Å²) in [6.07, 6.45) is 2.62. The molecule has 1 aliphatic carbocycles. The molecule has 1 aromatic heterocycles. The molecule has 0 unspecified atom stereocenters. The van der Waals surface area contributed by atoms with E-state index in [2.05, 4.69) is 26.1 Å². The third-order valence-electron chi connectivity index (χ3n) is 1.86. The number of rotatable bonds is 1. The second kappa shape index (κ2) is 3.15. The summed E-state index contributed by atoms with van der Waals surface area (Å²) in [5.74, 6) is 0.735. The fourth-order valence-electron chi connectivity index (χ4n) is 1.06. The molecule has 0 bridgehead atoms. The van der Waals surface area contributed by atoms with E-state index in [1.165, 1.54) is 23.0 Å². The molecule has 1 saturated carbocycles. The van der Waals surface area contributed by atoms with Crippen molar-refractivity contribution in [2.75, 3.05) is 0 Å². The Morgan fingerprint density at radius 1 is 1.55 bits per heavy atom. The zero-order valence-electron chi connectivity index (χ0n) is 6.22. The molecule has 2 nitrogen and oxygen atoms in total. The van der Waals surface area contributed by atoms with E-state index in [0.29, 0.717) is 0 Å². The van der Waals surface area contributed by atoms with Crippen molar-refractivity contribution in [2.45, 2.75) is 25.7 Å². The quantitative estimate of drug-likeness (QED) is 0.799. The van der Waals surface area contributed by atoms with E-state index in [1.807, 2.05) is 6.92 Å². The van der Waals surface area contributed by atoms with Crippen LogP contribution in [-0.4, -0.2) is 10.2 Å². The van der Waals surface area contributed by atoms with Crippen LogP contribution in [0, 0.1) is 6.92 Å². The van der Waals surface area contributed by atoms with Crippen LogP contribution in [0.15, 0.2) is 4.47 Å². The maximum absolute atomic E-state index is 4.21. The van der Waals surface area contributed by atoms with Crippen LogP contribution in [0.5, 0.6) is 0 Å². The highest BCUT2D eigenvalue weighted by molar-refractivity contribution is 9.10. The Kier molecular flexibility index (Phi) is 2.60. The maximum atomic E-state index is 4.21. The van der Waals surface area contributed by atoms with E-state index >= 15 is 0 Å². The van der Waals surface area contributed by atoms with Crippen LogP contribution in [0.2, 0.25) is 0 Å². The van der Waals surface area contributed by atoms with E-state index in [9.17, 15) is 0 Å². The van der Waals surface area contributed by atoms with Crippen molar-refractivity contribution in [3.8, 4) is 0 Å². The largest absolute Gasteiger partial charge is 0.281 e. The molecule has 1 N–H and O–H groups in total. The minimum atomic E-state index is 0. The summed E-state index contributed by atoms with van der Waals surface area (Å²) in [5, 5.41) is 7.17. The Hall–Kier alpha value is -0.0200. The van der Waals surface area contributed by atoms with Gasteiger partial charge in [-0.05, 0) is 35.7 Å². The lowest BCUT2D eigenvalue weighted by atomic mass is 10.3. The highest BCUT2D eigenvalue weighted by Gasteiger charge is 2.28.